The van der Waals surface area contributed by atoms with Gasteiger partial charge >= 0.3 is 0 Å². The monoisotopic (exact) mass is 322 g/mol. The zero-order chi connectivity index (χ0) is 14.8. The van der Waals surface area contributed by atoms with Gasteiger partial charge < -0.3 is 0 Å². The summed E-state index contributed by atoms with van der Waals surface area (Å²) in [5.74, 6) is -0.338. The van der Waals surface area contributed by atoms with Gasteiger partial charge in [0.2, 0.25) is 0 Å². The summed E-state index contributed by atoms with van der Waals surface area (Å²) in [6.45, 7) is 2.62. The molecule has 2 heterocycles. The lowest BCUT2D eigenvalue weighted by atomic mass is 10.2. The molecule has 0 bridgehead atoms. The third-order valence-electron chi connectivity index (χ3n) is 3.58. The van der Waals surface area contributed by atoms with E-state index in [4.69, 9.17) is 12.2 Å². The highest BCUT2D eigenvalue weighted by Crippen LogP contribution is 2.32. The van der Waals surface area contributed by atoms with Crippen LogP contribution in [0.25, 0.3) is 6.08 Å². The molecule has 0 radical (unpaired) electrons. The number of carbonyl (C=O) groups excluding carboxylic acids is 1. The molecule has 3 nitrogen and oxygen atoms in total. The van der Waals surface area contributed by atoms with Crippen molar-refractivity contribution in [1.29, 1.82) is 0 Å². The molecular weight excluding hydrogens is 307 g/mol. The van der Waals surface area contributed by atoms with Crippen LogP contribution in [0.4, 0.5) is 4.39 Å². The van der Waals surface area contributed by atoms with Crippen LogP contribution in [0.5, 0.6) is 0 Å². The van der Waals surface area contributed by atoms with Crippen molar-refractivity contribution >= 4 is 40.3 Å². The van der Waals surface area contributed by atoms with E-state index >= 15 is 0 Å². The number of thioether (sulfide) groups is 1. The molecule has 21 heavy (non-hydrogen) atoms. The Kier molecular flexibility index (Phi) is 4.37. The first-order valence-electron chi connectivity index (χ1n) is 6.87. The molecule has 0 aliphatic carbocycles. The van der Waals surface area contributed by atoms with E-state index in [2.05, 4.69) is 4.90 Å². The van der Waals surface area contributed by atoms with Crippen molar-refractivity contribution < 1.29 is 9.18 Å². The van der Waals surface area contributed by atoms with Gasteiger partial charge in [0.1, 0.15) is 10.1 Å². The fraction of sp³-hybridized carbons (Fsp3) is 0.333. The topological polar surface area (TPSA) is 23.6 Å². The quantitative estimate of drug-likeness (QED) is 0.630. The molecule has 0 spiro atoms. The zero-order valence-electron chi connectivity index (χ0n) is 11.4. The molecule has 0 aromatic heterocycles. The molecular formula is C15H15FN2OS2. The van der Waals surface area contributed by atoms with Gasteiger partial charge in [-0.1, -0.05) is 36.1 Å². The number of halogens is 1. The van der Waals surface area contributed by atoms with Crippen LogP contribution in [0.1, 0.15) is 18.4 Å². The molecule has 2 aliphatic rings. The largest absolute Gasteiger partial charge is 0.286 e. The molecule has 3 rings (SSSR count). The van der Waals surface area contributed by atoms with Crippen molar-refractivity contribution in [2.45, 2.75) is 12.8 Å². The lowest BCUT2D eigenvalue weighted by molar-refractivity contribution is -0.123. The van der Waals surface area contributed by atoms with E-state index in [1.807, 2.05) is 0 Å². The van der Waals surface area contributed by atoms with E-state index in [1.54, 1.807) is 23.1 Å². The molecule has 2 aliphatic heterocycles. The van der Waals surface area contributed by atoms with Crippen molar-refractivity contribution in [3.8, 4) is 0 Å². The summed E-state index contributed by atoms with van der Waals surface area (Å²) in [4.78, 5) is 16.9. The Balaban J connectivity index is 1.74. The number of likely N-dealkylation sites (tertiary alicyclic amines) is 1. The smallest absolute Gasteiger partial charge is 0.267 e. The minimum absolute atomic E-state index is 0.0544. The van der Waals surface area contributed by atoms with Gasteiger partial charge in [-0.15, -0.1) is 0 Å². The van der Waals surface area contributed by atoms with Gasteiger partial charge in [0.15, 0.2) is 0 Å². The third-order valence-corrected chi connectivity index (χ3v) is 4.96. The normalized spacial score (nSPS) is 21.8. The van der Waals surface area contributed by atoms with Crippen LogP contribution in [0.2, 0.25) is 0 Å². The highest BCUT2D eigenvalue weighted by Gasteiger charge is 2.33. The fourth-order valence-corrected chi connectivity index (χ4v) is 3.70. The lowest BCUT2D eigenvalue weighted by Crippen LogP contribution is -2.38. The second-order valence-electron chi connectivity index (χ2n) is 5.13. The molecule has 1 amide bonds. The SMILES string of the molecule is O=C1C(=Cc2ccc(F)cc2)SC(=S)N1CN1CCCC1. The van der Waals surface area contributed by atoms with E-state index in [-0.39, 0.29) is 11.7 Å². The summed E-state index contributed by atoms with van der Waals surface area (Å²) in [5, 5.41) is 0. The van der Waals surface area contributed by atoms with Crippen molar-refractivity contribution in [3.05, 3.63) is 40.6 Å². The zero-order valence-corrected chi connectivity index (χ0v) is 13.1. The average Bonchev–Trinajstić information content (AvgIpc) is 3.06. The minimum atomic E-state index is -0.284. The van der Waals surface area contributed by atoms with Crippen LogP contribution in [0, 0.1) is 5.82 Å². The molecule has 1 aromatic rings. The first-order valence-corrected chi connectivity index (χ1v) is 8.09. The molecule has 2 fully saturated rings. The van der Waals surface area contributed by atoms with Gasteiger partial charge in [-0.05, 0) is 49.7 Å². The number of rotatable bonds is 3. The molecule has 1 aromatic carbocycles. The molecule has 0 unspecified atom stereocenters. The number of hydrogen-bond donors (Lipinski definition) is 0. The molecule has 2 saturated heterocycles. The summed E-state index contributed by atoms with van der Waals surface area (Å²) in [6, 6.07) is 6.08. The van der Waals surface area contributed by atoms with Gasteiger partial charge in [-0.2, -0.15) is 0 Å². The molecule has 110 valence electrons. The predicted molar refractivity (Wildman–Crippen MR) is 87.1 cm³/mol. The number of hydrogen-bond acceptors (Lipinski definition) is 4. The number of carbonyl (C=O) groups is 1. The van der Waals surface area contributed by atoms with Crippen LogP contribution in [-0.2, 0) is 4.79 Å². The van der Waals surface area contributed by atoms with E-state index < -0.39 is 0 Å². The number of amides is 1. The number of thiocarbonyl (C=S) groups is 1. The van der Waals surface area contributed by atoms with Crippen LogP contribution < -0.4 is 0 Å². The van der Waals surface area contributed by atoms with Gasteiger partial charge in [0.05, 0.1) is 11.6 Å². The molecule has 0 saturated carbocycles. The second-order valence-corrected chi connectivity index (χ2v) is 6.80. The lowest BCUT2D eigenvalue weighted by Gasteiger charge is -2.22. The Morgan fingerprint density at radius 2 is 1.90 bits per heavy atom. The summed E-state index contributed by atoms with van der Waals surface area (Å²) in [7, 11) is 0. The Hall–Kier alpha value is -1.24. The Bertz CT molecular complexity index is 594. The van der Waals surface area contributed by atoms with Crippen molar-refractivity contribution in [2.75, 3.05) is 19.8 Å². The van der Waals surface area contributed by atoms with Crippen molar-refractivity contribution in [3.63, 3.8) is 0 Å². The van der Waals surface area contributed by atoms with Crippen LogP contribution in [-0.4, -0.2) is 39.8 Å². The first-order chi connectivity index (χ1) is 10.1. The number of benzene rings is 1. The van der Waals surface area contributed by atoms with Gasteiger partial charge in [0.25, 0.3) is 5.91 Å². The van der Waals surface area contributed by atoms with Gasteiger partial charge in [-0.25, -0.2) is 4.39 Å². The third kappa shape index (κ3) is 3.33. The van der Waals surface area contributed by atoms with E-state index in [0.717, 1.165) is 18.7 Å². The Labute approximate surface area is 132 Å². The highest BCUT2D eigenvalue weighted by atomic mass is 32.2. The van der Waals surface area contributed by atoms with Crippen molar-refractivity contribution in [2.24, 2.45) is 0 Å². The Morgan fingerprint density at radius 1 is 1.24 bits per heavy atom. The molecule has 0 N–H and O–H groups in total. The molecule has 6 heteroatoms. The second kappa shape index (κ2) is 6.25. The predicted octanol–water partition coefficient (Wildman–Crippen LogP) is 3.08. The maximum absolute atomic E-state index is 12.9. The highest BCUT2D eigenvalue weighted by molar-refractivity contribution is 8.26. The Morgan fingerprint density at radius 3 is 2.57 bits per heavy atom. The summed E-state index contributed by atoms with van der Waals surface area (Å²) < 4.78 is 13.5. The van der Waals surface area contributed by atoms with Crippen LogP contribution >= 0.6 is 24.0 Å². The van der Waals surface area contributed by atoms with E-state index in [0.29, 0.717) is 15.9 Å². The summed E-state index contributed by atoms with van der Waals surface area (Å²) >= 11 is 6.62. The first kappa shape index (κ1) is 14.7. The maximum Gasteiger partial charge on any atom is 0.267 e. The maximum atomic E-state index is 12.9. The van der Waals surface area contributed by atoms with E-state index in [1.165, 1.54) is 36.7 Å². The van der Waals surface area contributed by atoms with Crippen molar-refractivity contribution in [1.82, 2.24) is 9.80 Å². The van der Waals surface area contributed by atoms with Crippen LogP contribution in [0.3, 0.4) is 0 Å². The van der Waals surface area contributed by atoms with Gasteiger partial charge in [0, 0.05) is 0 Å². The minimum Gasteiger partial charge on any atom is -0.286 e. The summed E-state index contributed by atoms with van der Waals surface area (Å²) in [5.41, 5.74) is 0.804. The summed E-state index contributed by atoms with van der Waals surface area (Å²) in [6.07, 6.45) is 4.13. The average molecular weight is 322 g/mol. The van der Waals surface area contributed by atoms with E-state index in [9.17, 15) is 9.18 Å². The van der Waals surface area contributed by atoms with Gasteiger partial charge in [-0.3, -0.25) is 14.6 Å². The van der Waals surface area contributed by atoms with Crippen LogP contribution in [0.15, 0.2) is 29.2 Å². The fourth-order valence-electron chi connectivity index (χ4n) is 2.46. The molecule has 0 atom stereocenters. The number of nitrogens with zero attached hydrogens (tertiary/aromatic N) is 2. The standard InChI is InChI=1S/C15H15FN2OS2/c16-12-5-3-11(4-6-12)9-13-14(19)18(15(20)21-13)10-17-7-1-2-8-17/h3-6,9H,1-2,7-8,10H2.